The van der Waals surface area contributed by atoms with Gasteiger partial charge in [-0.15, -0.1) is 11.8 Å². The summed E-state index contributed by atoms with van der Waals surface area (Å²) in [4.78, 5) is 39.8. The molecule has 2 amide bonds. The number of esters is 1. The summed E-state index contributed by atoms with van der Waals surface area (Å²) in [5, 5.41) is 9.46. The number of carbonyl (C=O) groups is 3. The van der Waals surface area contributed by atoms with Gasteiger partial charge < -0.3 is 15.6 Å². The number of likely N-dealkylation sites (N-methyl/N-ethyl adjacent to an activating group) is 1. The van der Waals surface area contributed by atoms with Crippen molar-refractivity contribution < 1.29 is 24.2 Å². The summed E-state index contributed by atoms with van der Waals surface area (Å²) in [6, 6.07) is -0.532. The maximum atomic E-state index is 12.4. The molecular weight excluding hydrogens is 346 g/mol. The lowest BCUT2D eigenvalue weighted by Gasteiger charge is -2.43. The molecule has 138 valence electrons. The lowest BCUT2D eigenvalue weighted by atomic mass is 9.92. The standard InChI is InChI=1S/C16H23N3O5S/c1-5-6-24-16(23)12-10(7-18(4)8(2)13(17)21)25-15-11(9(3)20)14(22)19(12)15/h5,8-9,11,15,20H,1,6-7H2,2-4H3,(H2,17,21)/t8-,9+,11-,15+/m0/s1. The van der Waals surface area contributed by atoms with Gasteiger partial charge in [0, 0.05) is 11.4 Å². The Balaban J connectivity index is 2.27. The number of nitrogens with zero attached hydrogens (tertiary/aromatic N) is 2. The van der Waals surface area contributed by atoms with Crippen LogP contribution in [0.1, 0.15) is 13.8 Å². The first kappa shape index (κ1) is 19.5. The first-order valence-corrected chi connectivity index (χ1v) is 8.77. The number of carbonyl (C=O) groups excluding carboxylic acids is 3. The molecule has 0 saturated carbocycles. The molecule has 0 aliphatic carbocycles. The summed E-state index contributed by atoms with van der Waals surface area (Å²) in [7, 11) is 1.71. The molecule has 0 aromatic carbocycles. The van der Waals surface area contributed by atoms with E-state index in [0.29, 0.717) is 4.91 Å². The second-order valence-corrected chi connectivity index (χ2v) is 7.35. The van der Waals surface area contributed by atoms with E-state index in [9.17, 15) is 19.5 Å². The first-order valence-electron chi connectivity index (χ1n) is 7.89. The predicted octanol–water partition coefficient (Wildman–Crippen LogP) is -0.355. The minimum atomic E-state index is -0.812. The highest BCUT2D eigenvalue weighted by molar-refractivity contribution is 8.04. The summed E-state index contributed by atoms with van der Waals surface area (Å²) in [5.74, 6) is -1.98. The third-order valence-electron chi connectivity index (χ3n) is 4.36. The SMILES string of the molecule is C=CCOC(=O)C1=C(CN(C)[C@@H](C)C(N)=O)S[C@@H]2[C@@H]([C@@H](C)O)C(=O)N12. The van der Waals surface area contributed by atoms with Crippen LogP contribution in [0.4, 0.5) is 0 Å². The van der Waals surface area contributed by atoms with Gasteiger partial charge in [-0.1, -0.05) is 12.7 Å². The van der Waals surface area contributed by atoms with Crippen molar-refractivity contribution in [1.82, 2.24) is 9.80 Å². The number of ether oxygens (including phenoxy) is 1. The Kier molecular flexibility index (Phi) is 5.91. The Hall–Kier alpha value is -1.84. The molecule has 0 spiro atoms. The summed E-state index contributed by atoms with van der Waals surface area (Å²) in [6.45, 7) is 7.00. The molecule has 1 saturated heterocycles. The Morgan fingerprint density at radius 2 is 2.16 bits per heavy atom. The third-order valence-corrected chi connectivity index (χ3v) is 5.72. The van der Waals surface area contributed by atoms with Gasteiger partial charge in [0.25, 0.3) is 0 Å². The lowest BCUT2D eigenvalue weighted by molar-refractivity contribution is -0.158. The number of fused-ring (bicyclic) bond motifs is 1. The number of rotatable bonds is 8. The first-order chi connectivity index (χ1) is 11.7. The van der Waals surface area contributed by atoms with Gasteiger partial charge in [0.15, 0.2) is 0 Å². The fourth-order valence-electron chi connectivity index (χ4n) is 2.74. The van der Waals surface area contributed by atoms with Gasteiger partial charge in [-0.3, -0.25) is 19.4 Å². The molecule has 8 nitrogen and oxygen atoms in total. The van der Waals surface area contributed by atoms with Crippen LogP contribution in [-0.4, -0.2) is 70.4 Å². The largest absolute Gasteiger partial charge is 0.457 e. The Morgan fingerprint density at radius 3 is 2.68 bits per heavy atom. The molecule has 4 atom stereocenters. The Labute approximate surface area is 150 Å². The van der Waals surface area contributed by atoms with Gasteiger partial charge >= 0.3 is 5.97 Å². The zero-order chi connectivity index (χ0) is 18.9. The zero-order valence-electron chi connectivity index (χ0n) is 14.5. The number of β-lactam (4-membered cyclic amide) rings is 1. The van der Waals surface area contributed by atoms with Crippen molar-refractivity contribution in [2.75, 3.05) is 20.2 Å². The second kappa shape index (κ2) is 7.59. The Bertz CT molecular complexity index is 633. The van der Waals surface area contributed by atoms with Gasteiger partial charge in [0.1, 0.15) is 17.7 Å². The van der Waals surface area contributed by atoms with Crippen LogP contribution in [0, 0.1) is 5.92 Å². The fraction of sp³-hybridized carbons (Fsp3) is 0.562. The Morgan fingerprint density at radius 1 is 1.52 bits per heavy atom. The van der Waals surface area contributed by atoms with Gasteiger partial charge in [0.2, 0.25) is 11.8 Å². The highest BCUT2D eigenvalue weighted by atomic mass is 32.2. The highest BCUT2D eigenvalue weighted by Crippen LogP contribution is 2.50. The molecule has 0 aromatic heterocycles. The number of amides is 2. The van der Waals surface area contributed by atoms with E-state index in [-0.39, 0.29) is 30.1 Å². The van der Waals surface area contributed by atoms with Gasteiger partial charge in [-0.25, -0.2) is 4.79 Å². The number of hydrogen-bond acceptors (Lipinski definition) is 7. The van der Waals surface area contributed by atoms with Gasteiger partial charge in [-0.05, 0) is 20.9 Å². The molecule has 0 radical (unpaired) electrons. The number of primary amides is 1. The topological polar surface area (TPSA) is 113 Å². The van der Waals surface area contributed by atoms with Crippen LogP contribution in [0.2, 0.25) is 0 Å². The quantitative estimate of drug-likeness (QED) is 0.341. The van der Waals surface area contributed by atoms with E-state index in [4.69, 9.17) is 10.5 Å². The third kappa shape index (κ3) is 3.58. The van der Waals surface area contributed by atoms with Crippen LogP contribution >= 0.6 is 11.8 Å². The summed E-state index contributed by atoms with van der Waals surface area (Å²) in [5.41, 5.74) is 5.49. The minimum absolute atomic E-state index is 0.0281. The molecule has 0 unspecified atom stereocenters. The van der Waals surface area contributed by atoms with Crippen LogP contribution in [0.5, 0.6) is 0 Å². The lowest BCUT2D eigenvalue weighted by Crippen LogP contribution is -2.60. The monoisotopic (exact) mass is 369 g/mol. The normalized spacial score (nSPS) is 24.7. The van der Waals surface area contributed by atoms with E-state index in [0.717, 1.165) is 0 Å². The molecule has 2 aliphatic heterocycles. The molecule has 9 heteroatoms. The number of hydrogen-bond donors (Lipinski definition) is 2. The van der Waals surface area contributed by atoms with Crippen molar-refractivity contribution in [2.45, 2.75) is 31.4 Å². The molecule has 1 fully saturated rings. The zero-order valence-corrected chi connectivity index (χ0v) is 15.3. The van der Waals surface area contributed by atoms with Crippen molar-refractivity contribution in [3.05, 3.63) is 23.3 Å². The van der Waals surface area contributed by atoms with E-state index in [1.165, 1.54) is 22.7 Å². The van der Waals surface area contributed by atoms with Crippen LogP contribution in [0.15, 0.2) is 23.3 Å². The van der Waals surface area contributed by atoms with Crippen LogP contribution in [0.25, 0.3) is 0 Å². The highest BCUT2D eigenvalue weighted by Gasteiger charge is 2.57. The maximum Gasteiger partial charge on any atom is 0.356 e. The van der Waals surface area contributed by atoms with Crippen molar-refractivity contribution >= 4 is 29.5 Å². The molecule has 3 N–H and O–H groups in total. The van der Waals surface area contributed by atoms with Crippen molar-refractivity contribution in [2.24, 2.45) is 11.7 Å². The van der Waals surface area contributed by atoms with Crippen LogP contribution in [0.3, 0.4) is 0 Å². The molecule has 2 rings (SSSR count). The van der Waals surface area contributed by atoms with Crippen molar-refractivity contribution in [1.29, 1.82) is 0 Å². The van der Waals surface area contributed by atoms with Crippen molar-refractivity contribution in [3.63, 3.8) is 0 Å². The van der Waals surface area contributed by atoms with E-state index in [1.54, 1.807) is 25.8 Å². The van der Waals surface area contributed by atoms with E-state index >= 15 is 0 Å². The predicted molar refractivity (Wildman–Crippen MR) is 92.9 cm³/mol. The fourth-order valence-corrected chi connectivity index (χ4v) is 4.41. The number of aliphatic hydroxyl groups is 1. The second-order valence-electron chi connectivity index (χ2n) is 6.14. The number of thioether (sulfide) groups is 1. The average Bonchev–Trinajstić information content (AvgIpc) is 2.85. The van der Waals surface area contributed by atoms with E-state index in [2.05, 4.69) is 6.58 Å². The number of nitrogens with two attached hydrogens (primary N) is 1. The smallest absolute Gasteiger partial charge is 0.356 e. The minimum Gasteiger partial charge on any atom is -0.457 e. The summed E-state index contributed by atoms with van der Waals surface area (Å²) in [6.07, 6.45) is 0.628. The molecule has 25 heavy (non-hydrogen) atoms. The van der Waals surface area contributed by atoms with E-state index < -0.39 is 29.9 Å². The maximum absolute atomic E-state index is 12.4. The number of aliphatic hydroxyl groups excluding tert-OH is 1. The van der Waals surface area contributed by atoms with Gasteiger partial charge in [0.05, 0.1) is 18.1 Å². The van der Waals surface area contributed by atoms with Crippen molar-refractivity contribution in [3.8, 4) is 0 Å². The van der Waals surface area contributed by atoms with E-state index in [1.807, 2.05) is 0 Å². The summed E-state index contributed by atoms with van der Waals surface area (Å²) >= 11 is 1.33. The summed E-state index contributed by atoms with van der Waals surface area (Å²) < 4.78 is 5.10. The van der Waals surface area contributed by atoms with Crippen LogP contribution < -0.4 is 5.73 Å². The average molecular weight is 369 g/mol. The molecule has 0 aromatic rings. The molecule has 2 heterocycles. The van der Waals surface area contributed by atoms with Gasteiger partial charge in [-0.2, -0.15) is 0 Å². The molecule has 0 bridgehead atoms. The molecule has 2 aliphatic rings. The molecular formula is C16H23N3O5S. The van der Waals surface area contributed by atoms with Crippen LogP contribution in [-0.2, 0) is 19.1 Å².